The van der Waals surface area contributed by atoms with Gasteiger partial charge >= 0.3 is 0 Å². The Hall–Kier alpha value is -0.870. The molecule has 4 nitrogen and oxygen atoms in total. The molecule has 16 heavy (non-hydrogen) atoms. The molecule has 1 aromatic rings. The van der Waals surface area contributed by atoms with Gasteiger partial charge in [-0.05, 0) is 13.3 Å². The molecule has 0 bridgehead atoms. The Morgan fingerprint density at radius 2 is 2.44 bits per heavy atom. The summed E-state index contributed by atoms with van der Waals surface area (Å²) in [5, 5.41) is 0.498. The fraction of sp³-hybridized carbons (Fsp3) is 0.636. The molecule has 1 unspecified atom stereocenters. The van der Waals surface area contributed by atoms with Crippen LogP contribution in [0.15, 0.2) is 12.4 Å². The highest BCUT2D eigenvalue weighted by Gasteiger charge is 2.23. The number of aromatic nitrogens is 2. The molecule has 1 saturated heterocycles. The standard InChI is InChI=1S/C11H16ClN3O/c1-2-16-7-9-3-4-15(6-9)11-5-10(12)13-8-14-11/h5,8-9H,2-4,6-7H2,1H3. The van der Waals surface area contributed by atoms with E-state index in [4.69, 9.17) is 16.3 Å². The van der Waals surface area contributed by atoms with Crippen molar-refractivity contribution in [3.05, 3.63) is 17.5 Å². The maximum Gasteiger partial charge on any atom is 0.134 e. The second-order valence-electron chi connectivity index (χ2n) is 3.96. The summed E-state index contributed by atoms with van der Waals surface area (Å²) in [6.45, 7) is 5.66. The average molecular weight is 242 g/mol. The number of hydrogen-bond acceptors (Lipinski definition) is 4. The summed E-state index contributed by atoms with van der Waals surface area (Å²) in [5.41, 5.74) is 0. The number of halogens is 1. The summed E-state index contributed by atoms with van der Waals surface area (Å²) in [7, 11) is 0. The normalized spacial score (nSPS) is 20.4. The van der Waals surface area contributed by atoms with Crippen LogP contribution in [0.3, 0.4) is 0 Å². The van der Waals surface area contributed by atoms with Crippen molar-refractivity contribution in [1.29, 1.82) is 0 Å². The quantitative estimate of drug-likeness (QED) is 0.756. The average Bonchev–Trinajstić information content (AvgIpc) is 2.75. The van der Waals surface area contributed by atoms with E-state index in [1.165, 1.54) is 6.33 Å². The number of hydrogen-bond donors (Lipinski definition) is 0. The molecule has 0 saturated carbocycles. The zero-order valence-electron chi connectivity index (χ0n) is 9.40. The van der Waals surface area contributed by atoms with Crippen molar-refractivity contribution < 1.29 is 4.74 Å². The van der Waals surface area contributed by atoms with E-state index in [9.17, 15) is 0 Å². The Morgan fingerprint density at radius 1 is 1.56 bits per heavy atom. The highest BCUT2D eigenvalue weighted by molar-refractivity contribution is 6.29. The van der Waals surface area contributed by atoms with Crippen LogP contribution in [-0.4, -0.2) is 36.3 Å². The molecule has 0 amide bonds. The van der Waals surface area contributed by atoms with Crippen molar-refractivity contribution in [2.45, 2.75) is 13.3 Å². The van der Waals surface area contributed by atoms with E-state index in [2.05, 4.69) is 14.9 Å². The van der Waals surface area contributed by atoms with Crippen molar-refractivity contribution in [1.82, 2.24) is 9.97 Å². The summed E-state index contributed by atoms with van der Waals surface area (Å²) < 4.78 is 5.44. The molecule has 0 aromatic carbocycles. The van der Waals surface area contributed by atoms with E-state index in [1.54, 1.807) is 0 Å². The third-order valence-electron chi connectivity index (χ3n) is 2.79. The van der Waals surface area contributed by atoms with Crippen LogP contribution in [0.4, 0.5) is 5.82 Å². The van der Waals surface area contributed by atoms with Crippen LogP contribution in [0.5, 0.6) is 0 Å². The molecule has 1 aliphatic rings. The van der Waals surface area contributed by atoms with Gasteiger partial charge in [-0.25, -0.2) is 9.97 Å². The molecule has 5 heteroatoms. The van der Waals surface area contributed by atoms with Crippen LogP contribution in [0, 0.1) is 5.92 Å². The zero-order chi connectivity index (χ0) is 11.4. The van der Waals surface area contributed by atoms with Crippen molar-refractivity contribution in [3.8, 4) is 0 Å². The van der Waals surface area contributed by atoms with Crippen LogP contribution in [0.2, 0.25) is 5.15 Å². The molecule has 2 rings (SSSR count). The lowest BCUT2D eigenvalue weighted by atomic mass is 10.1. The van der Waals surface area contributed by atoms with Gasteiger partial charge in [0, 0.05) is 31.7 Å². The molecule has 88 valence electrons. The first kappa shape index (κ1) is 11.6. The van der Waals surface area contributed by atoms with Gasteiger partial charge in [-0.2, -0.15) is 0 Å². The predicted molar refractivity (Wildman–Crippen MR) is 63.9 cm³/mol. The minimum atomic E-state index is 0.498. The summed E-state index contributed by atoms with van der Waals surface area (Å²) in [5.74, 6) is 1.52. The number of nitrogens with zero attached hydrogens (tertiary/aromatic N) is 3. The van der Waals surface area contributed by atoms with Gasteiger partial charge in [-0.1, -0.05) is 11.6 Å². The van der Waals surface area contributed by atoms with Crippen molar-refractivity contribution >= 4 is 17.4 Å². The molecule has 1 aromatic heterocycles. The highest BCUT2D eigenvalue weighted by Crippen LogP contribution is 2.23. The van der Waals surface area contributed by atoms with Gasteiger partial charge in [-0.15, -0.1) is 0 Å². The number of ether oxygens (including phenoxy) is 1. The summed E-state index contributed by atoms with van der Waals surface area (Å²) >= 11 is 5.84. The Labute approximate surface area is 101 Å². The van der Waals surface area contributed by atoms with Gasteiger partial charge in [0.2, 0.25) is 0 Å². The summed E-state index contributed by atoms with van der Waals surface area (Å²) in [4.78, 5) is 10.3. The van der Waals surface area contributed by atoms with Gasteiger partial charge in [-0.3, -0.25) is 0 Å². The molecule has 0 N–H and O–H groups in total. The molecule has 0 radical (unpaired) electrons. The third-order valence-corrected chi connectivity index (χ3v) is 2.99. The summed E-state index contributed by atoms with van der Waals surface area (Å²) in [6.07, 6.45) is 2.66. The third kappa shape index (κ3) is 2.83. The van der Waals surface area contributed by atoms with Gasteiger partial charge in [0.1, 0.15) is 17.3 Å². The van der Waals surface area contributed by atoms with Crippen molar-refractivity contribution in [2.75, 3.05) is 31.2 Å². The Balaban J connectivity index is 1.93. The smallest absolute Gasteiger partial charge is 0.134 e. The SMILES string of the molecule is CCOCC1CCN(c2cc(Cl)ncn2)C1. The van der Waals surface area contributed by atoms with Crippen LogP contribution >= 0.6 is 11.6 Å². The fourth-order valence-electron chi connectivity index (χ4n) is 1.96. The van der Waals surface area contributed by atoms with E-state index >= 15 is 0 Å². The summed E-state index contributed by atoms with van der Waals surface area (Å²) in [6, 6.07) is 1.81. The lowest BCUT2D eigenvalue weighted by Gasteiger charge is -2.17. The number of anilines is 1. The van der Waals surface area contributed by atoms with Crippen molar-refractivity contribution in [2.24, 2.45) is 5.92 Å². The molecular weight excluding hydrogens is 226 g/mol. The van der Waals surface area contributed by atoms with E-state index in [0.717, 1.165) is 38.5 Å². The fourth-order valence-corrected chi connectivity index (χ4v) is 2.10. The maximum absolute atomic E-state index is 5.84. The lowest BCUT2D eigenvalue weighted by molar-refractivity contribution is 0.117. The molecular formula is C11H16ClN3O. The van der Waals surface area contributed by atoms with E-state index in [-0.39, 0.29) is 0 Å². The second-order valence-corrected chi connectivity index (χ2v) is 4.35. The minimum absolute atomic E-state index is 0.498. The highest BCUT2D eigenvalue weighted by atomic mass is 35.5. The number of rotatable bonds is 4. The predicted octanol–water partition coefficient (Wildman–Crippen LogP) is 1.99. The molecule has 0 spiro atoms. The van der Waals surface area contributed by atoms with E-state index in [1.807, 2.05) is 13.0 Å². The van der Waals surface area contributed by atoms with Gasteiger partial charge in [0.05, 0.1) is 6.61 Å². The first-order valence-corrected chi connectivity index (χ1v) is 5.97. The second kappa shape index (κ2) is 5.46. The van der Waals surface area contributed by atoms with Gasteiger partial charge < -0.3 is 9.64 Å². The Morgan fingerprint density at radius 3 is 3.19 bits per heavy atom. The van der Waals surface area contributed by atoms with Crippen LogP contribution in [-0.2, 0) is 4.74 Å². The molecule has 0 aliphatic carbocycles. The molecule has 1 aliphatic heterocycles. The zero-order valence-corrected chi connectivity index (χ0v) is 10.2. The Kier molecular flexibility index (Phi) is 3.96. The van der Waals surface area contributed by atoms with Crippen LogP contribution < -0.4 is 4.90 Å². The van der Waals surface area contributed by atoms with Crippen molar-refractivity contribution in [3.63, 3.8) is 0 Å². The monoisotopic (exact) mass is 241 g/mol. The van der Waals surface area contributed by atoms with Gasteiger partial charge in [0.15, 0.2) is 0 Å². The first-order valence-electron chi connectivity index (χ1n) is 5.60. The molecule has 1 atom stereocenters. The van der Waals surface area contributed by atoms with Crippen LogP contribution in [0.1, 0.15) is 13.3 Å². The topological polar surface area (TPSA) is 38.2 Å². The largest absolute Gasteiger partial charge is 0.381 e. The lowest BCUT2D eigenvalue weighted by Crippen LogP contribution is -2.22. The minimum Gasteiger partial charge on any atom is -0.381 e. The van der Waals surface area contributed by atoms with Gasteiger partial charge in [0.25, 0.3) is 0 Å². The maximum atomic E-state index is 5.84. The van der Waals surface area contributed by atoms with E-state index in [0.29, 0.717) is 11.1 Å². The molecule has 2 heterocycles. The van der Waals surface area contributed by atoms with Crippen LogP contribution in [0.25, 0.3) is 0 Å². The molecule has 1 fully saturated rings. The first-order chi connectivity index (χ1) is 7.79. The van der Waals surface area contributed by atoms with E-state index < -0.39 is 0 Å². The Bertz CT molecular complexity index is 348.